The summed E-state index contributed by atoms with van der Waals surface area (Å²) >= 11 is 0. The van der Waals surface area contributed by atoms with Gasteiger partial charge in [-0.1, -0.05) is 13.8 Å². The van der Waals surface area contributed by atoms with Gasteiger partial charge < -0.3 is 15.7 Å². The van der Waals surface area contributed by atoms with Crippen LogP contribution in [-0.4, -0.2) is 49.1 Å². The zero-order chi connectivity index (χ0) is 21.8. The van der Waals surface area contributed by atoms with Crippen LogP contribution in [0.1, 0.15) is 60.2 Å². The molecule has 2 aliphatic carbocycles. The molecule has 0 aliphatic heterocycles. The van der Waals surface area contributed by atoms with E-state index in [1.54, 1.807) is 0 Å². The maximum absolute atomic E-state index is 13.1. The Balaban J connectivity index is 1.77. The number of halogens is 2. The number of aromatic hydroxyl groups is 1. The number of aromatic nitrogens is 3. The number of hydrogen-bond acceptors (Lipinski definition) is 5. The van der Waals surface area contributed by atoms with Crippen LogP contribution in [0.2, 0.25) is 0 Å². The molecule has 2 aromatic rings. The molecule has 0 radical (unpaired) electrons. The van der Waals surface area contributed by atoms with Crippen LogP contribution in [0.5, 0.6) is 5.88 Å². The van der Waals surface area contributed by atoms with Gasteiger partial charge in [-0.25, -0.2) is 8.78 Å². The molecule has 2 heterocycles. The van der Waals surface area contributed by atoms with Crippen LogP contribution in [0.3, 0.4) is 0 Å². The van der Waals surface area contributed by atoms with E-state index >= 15 is 0 Å². The summed E-state index contributed by atoms with van der Waals surface area (Å²) in [6, 6.07) is -0.699. The molecule has 0 unspecified atom stereocenters. The van der Waals surface area contributed by atoms with Crippen molar-refractivity contribution in [1.29, 1.82) is 0 Å². The molecule has 2 amide bonds. The van der Waals surface area contributed by atoms with Crippen molar-refractivity contribution >= 4 is 17.5 Å². The normalized spacial score (nSPS) is 18.4. The second-order valence-corrected chi connectivity index (χ2v) is 8.48. The molecule has 2 aromatic heterocycles. The molecule has 162 valence electrons. The van der Waals surface area contributed by atoms with Gasteiger partial charge in [-0.2, -0.15) is 9.61 Å². The Morgan fingerprint density at radius 2 is 1.87 bits per heavy atom. The lowest BCUT2D eigenvalue weighted by Gasteiger charge is -2.35. The summed E-state index contributed by atoms with van der Waals surface area (Å²) in [4.78, 5) is 38.3. The molecule has 0 atom stereocenters. The van der Waals surface area contributed by atoms with E-state index < -0.39 is 53.6 Å². The van der Waals surface area contributed by atoms with Crippen LogP contribution in [0, 0.1) is 5.92 Å². The molecule has 0 spiro atoms. The van der Waals surface area contributed by atoms with E-state index in [0.717, 1.165) is 23.6 Å². The number of hydrogen-bond donors (Lipinski definition) is 3. The highest BCUT2D eigenvalue weighted by molar-refractivity contribution is 6.01. The van der Waals surface area contributed by atoms with Gasteiger partial charge in [0, 0.05) is 31.5 Å². The van der Waals surface area contributed by atoms with Crippen molar-refractivity contribution in [2.75, 3.05) is 0 Å². The summed E-state index contributed by atoms with van der Waals surface area (Å²) in [7, 11) is 0. The lowest BCUT2D eigenvalue weighted by Crippen LogP contribution is -2.50. The van der Waals surface area contributed by atoms with Crippen LogP contribution in [0.15, 0.2) is 11.0 Å². The Morgan fingerprint density at radius 3 is 2.43 bits per heavy atom. The summed E-state index contributed by atoms with van der Waals surface area (Å²) in [6.45, 7) is 3.87. The zero-order valence-corrected chi connectivity index (χ0v) is 16.6. The van der Waals surface area contributed by atoms with Crippen molar-refractivity contribution in [2.24, 2.45) is 5.92 Å². The van der Waals surface area contributed by atoms with E-state index in [-0.39, 0.29) is 29.7 Å². The van der Waals surface area contributed by atoms with E-state index in [1.807, 2.05) is 13.8 Å². The van der Waals surface area contributed by atoms with E-state index in [4.69, 9.17) is 0 Å². The van der Waals surface area contributed by atoms with Gasteiger partial charge in [-0.15, -0.1) is 0 Å². The molecule has 30 heavy (non-hydrogen) atoms. The molecule has 2 aliphatic rings. The first-order chi connectivity index (χ1) is 14.1. The monoisotopic (exact) mass is 423 g/mol. The Morgan fingerprint density at radius 1 is 1.23 bits per heavy atom. The number of carbonyl (C=O) groups is 2. The van der Waals surface area contributed by atoms with Crippen molar-refractivity contribution in [3.05, 3.63) is 27.7 Å². The smallest absolute Gasteiger partial charge is 0.270 e. The molecule has 11 heteroatoms. The number of fused-ring (bicyclic) bond motifs is 1. The fourth-order valence-corrected chi connectivity index (χ4v) is 3.59. The van der Waals surface area contributed by atoms with Crippen LogP contribution >= 0.6 is 0 Å². The fourth-order valence-electron chi connectivity index (χ4n) is 3.59. The molecule has 2 saturated carbocycles. The minimum Gasteiger partial charge on any atom is -0.492 e. The van der Waals surface area contributed by atoms with Crippen LogP contribution in [0.4, 0.5) is 8.78 Å². The minimum absolute atomic E-state index is 0.0118. The van der Waals surface area contributed by atoms with Gasteiger partial charge in [0.25, 0.3) is 23.3 Å². The molecular weight excluding hydrogens is 400 g/mol. The summed E-state index contributed by atoms with van der Waals surface area (Å²) in [5.74, 6) is -4.84. The average Bonchev–Trinajstić information content (AvgIpc) is 3.30. The van der Waals surface area contributed by atoms with Crippen molar-refractivity contribution in [1.82, 2.24) is 24.8 Å². The maximum atomic E-state index is 13.1. The predicted octanol–water partition coefficient (Wildman–Crippen LogP) is 1.28. The second kappa shape index (κ2) is 7.06. The average molecular weight is 423 g/mol. The molecule has 4 rings (SSSR count). The highest BCUT2D eigenvalue weighted by Crippen LogP contribution is 2.37. The van der Waals surface area contributed by atoms with Gasteiger partial charge in [0.2, 0.25) is 5.88 Å². The third-order valence-corrected chi connectivity index (χ3v) is 5.24. The molecule has 0 aromatic carbocycles. The fraction of sp³-hybridized carbons (Fsp3) is 0.579. The number of nitrogens with one attached hydrogen (secondary N) is 2. The van der Waals surface area contributed by atoms with Crippen molar-refractivity contribution in [2.45, 2.75) is 64.1 Å². The van der Waals surface area contributed by atoms with E-state index in [1.165, 1.54) is 4.57 Å². The lowest BCUT2D eigenvalue weighted by molar-refractivity contribution is -0.0901. The Labute approximate surface area is 170 Å². The topological polar surface area (TPSA) is 118 Å². The number of carbonyl (C=O) groups excluding carboxylic acids is 2. The van der Waals surface area contributed by atoms with E-state index in [9.17, 15) is 28.3 Å². The first-order valence-electron chi connectivity index (χ1n) is 9.90. The number of amides is 2. The zero-order valence-electron chi connectivity index (χ0n) is 16.6. The number of rotatable bonds is 6. The van der Waals surface area contributed by atoms with Crippen LogP contribution in [0.25, 0.3) is 5.65 Å². The Hall–Kier alpha value is -2.98. The SMILES string of the molecule is CC(C)Cn1c(=O)c(C(=O)NC2CC2)c(O)n2ncc(C(=O)NC3CC(F)(F)C3)c12. The molecule has 0 saturated heterocycles. The third-order valence-electron chi connectivity index (χ3n) is 5.24. The van der Waals surface area contributed by atoms with Gasteiger partial charge >= 0.3 is 0 Å². The maximum Gasteiger partial charge on any atom is 0.270 e. The number of nitrogens with zero attached hydrogens (tertiary/aromatic N) is 3. The Bertz CT molecular complexity index is 1080. The van der Waals surface area contributed by atoms with E-state index in [0.29, 0.717) is 0 Å². The molecule has 9 nitrogen and oxygen atoms in total. The highest BCUT2D eigenvalue weighted by atomic mass is 19.3. The predicted molar refractivity (Wildman–Crippen MR) is 102 cm³/mol. The summed E-state index contributed by atoms with van der Waals surface area (Å²) in [6.07, 6.45) is 1.86. The summed E-state index contributed by atoms with van der Waals surface area (Å²) in [5, 5.41) is 19.8. The van der Waals surface area contributed by atoms with Crippen LogP contribution < -0.4 is 16.2 Å². The molecule has 3 N–H and O–H groups in total. The van der Waals surface area contributed by atoms with Crippen molar-refractivity contribution < 1.29 is 23.5 Å². The molecule has 0 bridgehead atoms. The lowest BCUT2D eigenvalue weighted by atomic mass is 9.88. The van der Waals surface area contributed by atoms with Crippen molar-refractivity contribution in [3.63, 3.8) is 0 Å². The second-order valence-electron chi connectivity index (χ2n) is 8.48. The standard InChI is InChI=1S/C19H23F2N5O4/c1-9(2)8-25-16-12(14(27)24-11-5-19(20,21)6-11)7-22-26(16)18(30)13(17(25)29)15(28)23-10-3-4-10/h7,9-11,30H,3-6,8H2,1-2H3,(H,23,28)(H,24,27). The van der Waals surface area contributed by atoms with Gasteiger partial charge in [0.1, 0.15) is 5.56 Å². The third kappa shape index (κ3) is 3.63. The summed E-state index contributed by atoms with van der Waals surface area (Å²) < 4.78 is 28.4. The van der Waals surface area contributed by atoms with Gasteiger partial charge in [-0.05, 0) is 18.8 Å². The van der Waals surface area contributed by atoms with Crippen LogP contribution in [-0.2, 0) is 6.54 Å². The quantitative estimate of drug-likeness (QED) is 0.647. The number of alkyl halides is 2. The van der Waals surface area contributed by atoms with Gasteiger partial charge in [-0.3, -0.25) is 19.0 Å². The molecule has 2 fully saturated rings. The first-order valence-corrected chi connectivity index (χ1v) is 9.90. The van der Waals surface area contributed by atoms with E-state index in [2.05, 4.69) is 15.7 Å². The summed E-state index contributed by atoms with van der Waals surface area (Å²) in [5.41, 5.74) is -1.20. The Kier molecular flexibility index (Phi) is 4.78. The van der Waals surface area contributed by atoms with Gasteiger partial charge in [0.15, 0.2) is 11.2 Å². The first kappa shape index (κ1) is 20.3. The van der Waals surface area contributed by atoms with Crippen molar-refractivity contribution in [3.8, 4) is 5.88 Å². The highest BCUT2D eigenvalue weighted by Gasteiger charge is 2.46. The largest absolute Gasteiger partial charge is 0.492 e. The van der Waals surface area contributed by atoms with Gasteiger partial charge in [0.05, 0.1) is 6.20 Å². The minimum atomic E-state index is -2.79. The molecular formula is C19H23F2N5O4.